The normalized spacial score (nSPS) is 20.1. The summed E-state index contributed by atoms with van der Waals surface area (Å²) in [5, 5.41) is 0. The summed E-state index contributed by atoms with van der Waals surface area (Å²) in [5.74, 6) is 0. The molecule has 0 amide bonds. The lowest BCUT2D eigenvalue weighted by molar-refractivity contribution is 0.569. The maximum atomic E-state index is 6.16. The van der Waals surface area contributed by atoms with Gasteiger partial charge in [0.2, 0.25) is 0 Å². The number of hydrogen-bond donors (Lipinski definition) is 1. The Morgan fingerprint density at radius 1 is 1.20 bits per heavy atom. The molecule has 0 saturated heterocycles. The summed E-state index contributed by atoms with van der Waals surface area (Å²) in [7, 11) is 0. The second kappa shape index (κ2) is 4.36. The third kappa shape index (κ3) is 1.93. The summed E-state index contributed by atoms with van der Waals surface area (Å²) < 4.78 is 0. The maximum absolute atomic E-state index is 6.16. The molecule has 1 aromatic carbocycles. The van der Waals surface area contributed by atoms with Gasteiger partial charge in [0.1, 0.15) is 0 Å². The van der Waals surface area contributed by atoms with E-state index in [0.717, 1.165) is 19.3 Å². The first-order valence-corrected chi connectivity index (χ1v) is 6.16. The average molecular weight is 203 g/mol. The van der Waals surface area contributed by atoms with Crippen LogP contribution in [0.15, 0.2) is 12.1 Å². The van der Waals surface area contributed by atoms with Crippen molar-refractivity contribution in [2.45, 2.75) is 52.0 Å². The van der Waals surface area contributed by atoms with E-state index in [2.05, 4.69) is 26.0 Å². The van der Waals surface area contributed by atoms with Crippen molar-refractivity contribution in [1.29, 1.82) is 0 Å². The van der Waals surface area contributed by atoms with E-state index < -0.39 is 0 Å². The average Bonchev–Trinajstić information content (AvgIpc) is 2.28. The summed E-state index contributed by atoms with van der Waals surface area (Å²) in [6.45, 7) is 4.47. The third-order valence-electron chi connectivity index (χ3n) is 3.58. The van der Waals surface area contributed by atoms with Crippen molar-refractivity contribution in [3.8, 4) is 0 Å². The second-order valence-electron chi connectivity index (χ2n) is 4.53. The number of hydrogen-bond acceptors (Lipinski definition) is 1. The fourth-order valence-corrected chi connectivity index (χ4v) is 2.65. The number of aryl methyl sites for hydroxylation is 3. The van der Waals surface area contributed by atoms with E-state index in [-0.39, 0.29) is 6.04 Å². The molecule has 0 radical (unpaired) electrons. The van der Waals surface area contributed by atoms with Gasteiger partial charge < -0.3 is 5.73 Å². The molecule has 1 heteroatoms. The Morgan fingerprint density at radius 2 is 1.87 bits per heavy atom. The minimum Gasteiger partial charge on any atom is -0.324 e. The Balaban J connectivity index is 2.48. The minimum atomic E-state index is 0.282. The van der Waals surface area contributed by atoms with Crippen LogP contribution in [0.3, 0.4) is 0 Å². The van der Waals surface area contributed by atoms with Crippen molar-refractivity contribution in [2.24, 2.45) is 5.73 Å². The number of rotatable bonds is 2. The molecule has 1 aliphatic carbocycles. The van der Waals surface area contributed by atoms with Crippen LogP contribution in [-0.2, 0) is 19.3 Å². The van der Waals surface area contributed by atoms with Crippen molar-refractivity contribution in [3.63, 3.8) is 0 Å². The highest BCUT2D eigenvalue weighted by molar-refractivity contribution is 5.41. The van der Waals surface area contributed by atoms with E-state index >= 15 is 0 Å². The molecule has 15 heavy (non-hydrogen) atoms. The first-order valence-electron chi connectivity index (χ1n) is 6.16. The molecule has 1 aromatic rings. The van der Waals surface area contributed by atoms with Gasteiger partial charge in [0.05, 0.1) is 0 Å². The van der Waals surface area contributed by atoms with E-state index in [1.165, 1.54) is 35.1 Å². The van der Waals surface area contributed by atoms with Crippen LogP contribution >= 0.6 is 0 Å². The van der Waals surface area contributed by atoms with Gasteiger partial charge in [0.25, 0.3) is 0 Å². The number of nitrogens with two attached hydrogens (primary N) is 1. The molecule has 82 valence electrons. The number of fused-ring (bicyclic) bond motifs is 1. The van der Waals surface area contributed by atoms with E-state index in [0.29, 0.717) is 0 Å². The van der Waals surface area contributed by atoms with Gasteiger partial charge in [-0.3, -0.25) is 0 Å². The number of benzene rings is 1. The van der Waals surface area contributed by atoms with Gasteiger partial charge in [-0.05, 0) is 54.4 Å². The fourth-order valence-electron chi connectivity index (χ4n) is 2.65. The van der Waals surface area contributed by atoms with Crippen LogP contribution in [0.4, 0.5) is 0 Å². The van der Waals surface area contributed by atoms with Crippen molar-refractivity contribution in [2.75, 3.05) is 0 Å². The zero-order valence-corrected chi connectivity index (χ0v) is 9.84. The molecule has 0 heterocycles. The molecule has 0 unspecified atom stereocenters. The van der Waals surface area contributed by atoms with Crippen LogP contribution in [0, 0.1) is 0 Å². The predicted octanol–water partition coefficient (Wildman–Crippen LogP) is 3.15. The van der Waals surface area contributed by atoms with Gasteiger partial charge >= 0.3 is 0 Å². The van der Waals surface area contributed by atoms with Gasteiger partial charge in [-0.2, -0.15) is 0 Å². The van der Waals surface area contributed by atoms with Crippen LogP contribution in [0.25, 0.3) is 0 Å². The van der Waals surface area contributed by atoms with Crippen molar-refractivity contribution >= 4 is 0 Å². The Kier molecular flexibility index (Phi) is 3.11. The monoisotopic (exact) mass is 203 g/mol. The lowest BCUT2D eigenvalue weighted by Crippen LogP contribution is -2.18. The Morgan fingerprint density at radius 3 is 2.53 bits per heavy atom. The highest BCUT2D eigenvalue weighted by Crippen LogP contribution is 2.30. The topological polar surface area (TPSA) is 26.0 Å². The van der Waals surface area contributed by atoms with E-state index in [9.17, 15) is 0 Å². The SMILES string of the molecule is CCc1cc2c(cc1CC)[C@H](N)CCC2. The summed E-state index contributed by atoms with van der Waals surface area (Å²) in [4.78, 5) is 0. The predicted molar refractivity (Wildman–Crippen MR) is 65.1 cm³/mol. The molecule has 0 bridgehead atoms. The van der Waals surface area contributed by atoms with Crippen LogP contribution in [0.5, 0.6) is 0 Å². The summed E-state index contributed by atoms with van der Waals surface area (Å²) in [6, 6.07) is 5.04. The molecular weight excluding hydrogens is 182 g/mol. The molecule has 2 rings (SSSR count). The van der Waals surface area contributed by atoms with Gasteiger partial charge in [0.15, 0.2) is 0 Å². The van der Waals surface area contributed by atoms with Gasteiger partial charge in [-0.1, -0.05) is 26.0 Å². The first-order chi connectivity index (χ1) is 7.26. The smallest absolute Gasteiger partial charge is 0.0297 e. The Bertz CT molecular complexity index is 355. The van der Waals surface area contributed by atoms with Crippen molar-refractivity contribution in [3.05, 3.63) is 34.4 Å². The zero-order chi connectivity index (χ0) is 10.8. The second-order valence-corrected chi connectivity index (χ2v) is 4.53. The van der Waals surface area contributed by atoms with E-state index in [1.807, 2.05) is 0 Å². The molecule has 0 saturated carbocycles. The molecule has 0 fully saturated rings. The lowest BCUT2D eigenvalue weighted by atomic mass is 9.84. The lowest BCUT2D eigenvalue weighted by Gasteiger charge is -2.24. The van der Waals surface area contributed by atoms with Crippen molar-refractivity contribution < 1.29 is 0 Å². The zero-order valence-electron chi connectivity index (χ0n) is 9.84. The highest BCUT2D eigenvalue weighted by Gasteiger charge is 2.18. The maximum Gasteiger partial charge on any atom is 0.0297 e. The largest absolute Gasteiger partial charge is 0.324 e. The van der Waals surface area contributed by atoms with Crippen molar-refractivity contribution in [1.82, 2.24) is 0 Å². The van der Waals surface area contributed by atoms with Gasteiger partial charge in [-0.25, -0.2) is 0 Å². The van der Waals surface area contributed by atoms with E-state index in [1.54, 1.807) is 0 Å². The summed E-state index contributed by atoms with van der Waals surface area (Å²) >= 11 is 0. The molecule has 0 spiro atoms. The molecule has 2 N–H and O–H groups in total. The molecule has 1 nitrogen and oxygen atoms in total. The fraction of sp³-hybridized carbons (Fsp3) is 0.571. The third-order valence-corrected chi connectivity index (χ3v) is 3.58. The van der Waals surface area contributed by atoms with Crippen LogP contribution < -0.4 is 5.73 Å². The molecular formula is C14H21N. The van der Waals surface area contributed by atoms with Crippen LogP contribution in [0.2, 0.25) is 0 Å². The van der Waals surface area contributed by atoms with Crippen LogP contribution in [-0.4, -0.2) is 0 Å². The molecule has 0 aromatic heterocycles. The van der Waals surface area contributed by atoms with Gasteiger partial charge in [0, 0.05) is 6.04 Å². The molecule has 0 aliphatic heterocycles. The Labute approximate surface area is 92.7 Å². The molecule has 1 atom stereocenters. The first kappa shape index (κ1) is 10.7. The quantitative estimate of drug-likeness (QED) is 0.785. The highest BCUT2D eigenvalue weighted by atomic mass is 14.6. The summed E-state index contributed by atoms with van der Waals surface area (Å²) in [6.07, 6.45) is 5.90. The summed E-state index contributed by atoms with van der Waals surface area (Å²) in [5.41, 5.74) is 12.1. The standard InChI is InChI=1S/C14H21N/c1-3-10-8-12-6-5-7-14(15)13(12)9-11(10)4-2/h8-9,14H,3-7,15H2,1-2H3/t14-/m1/s1. The minimum absolute atomic E-state index is 0.282. The Hall–Kier alpha value is -0.820. The molecule has 1 aliphatic rings. The van der Waals surface area contributed by atoms with Crippen LogP contribution in [0.1, 0.15) is 55.0 Å². The van der Waals surface area contributed by atoms with E-state index in [4.69, 9.17) is 5.73 Å². The van der Waals surface area contributed by atoms with Gasteiger partial charge in [-0.15, -0.1) is 0 Å².